The minimum Gasteiger partial charge on any atom is -0.493 e. The highest BCUT2D eigenvalue weighted by Crippen LogP contribution is 2.13. The van der Waals surface area contributed by atoms with Gasteiger partial charge in [-0.3, -0.25) is 0 Å². The molecule has 0 saturated heterocycles. The van der Waals surface area contributed by atoms with E-state index in [0.29, 0.717) is 19.1 Å². The first kappa shape index (κ1) is 14.6. The molecule has 0 amide bonds. The van der Waals surface area contributed by atoms with Crippen LogP contribution in [0.2, 0.25) is 0 Å². The third-order valence-electron chi connectivity index (χ3n) is 2.72. The maximum Gasteiger partial charge on any atom is 0.119 e. The zero-order chi connectivity index (χ0) is 13.2. The quantitative estimate of drug-likeness (QED) is 0.561. The normalized spacial score (nSPS) is 11.8. The second-order valence-electron chi connectivity index (χ2n) is 4.51. The van der Waals surface area contributed by atoms with E-state index < -0.39 is 0 Å². The van der Waals surface area contributed by atoms with E-state index in [9.17, 15) is 0 Å². The van der Waals surface area contributed by atoms with Gasteiger partial charge in [0, 0.05) is 12.5 Å². The van der Waals surface area contributed by atoms with Crippen LogP contribution in [0.15, 0.2) is 24.3 Å². The van der Waals surface area contributed by atoms with Gasteiger partial charge in [0.05, 0.1) is 6.61 Å². The number of terminal acetylenes is 1. The van der Waals surface area contributed by atoms with Gasteiger partial charge in [-0.25, -0.2) is 0 Å². The lowest BCUT2D eigenvalue weighted by Gasteiger charge is -2.13. The number of nitrogens with one attached hydrogen (secondary N) is 1. The third-order valence-corrected chi connectivity index (χ3v) is 2.72. The fourth-order valence-corrected chi connectivity index (χ4v) is 1.77. The van der Waals surface area contributed by atoms with Gasteiger partial charge < -0.3 is 10.1 Å². The lowest BCUT2D eigenvalue weighted by atomic mass is 10.1. The molecule has 0 aliphatic rings. The van der Waals surface area contributed by atoms with Gasteiger partial charge in [0.25, 0.3) is 0 Å². The summed E-state index contributed by atoms with van der Waals surface area (Å²) in [7, 11) is 0. The van der Waals surface area contributed by atoms with Crippen molar-refractivity contribution in [1.29, 1.82) is 0 Å². The fraction of sp³-hybridized carbons (Fsp3) is 0.500. The molecule has 0 fully saturated rings. The van der Waals surface area contributed by atoms with E-state index in [0.717, 1.165) is 18.7 Å². The van der Waals surface area contributed by atoms with Crippen LogP contribution in [0.4, 0.5) is 0 Å². The molecule has 1 rings (SSSR count). The van der Waals surface area contributed by atoms with Crippen molar-refractivity contribution in [1.82, 2.24) is 5.32 Å². The fourth-order valence-electron chi connectivity index (χ4n) is 1.77. The highest BCUT2D eigenvalue weighted by Gasteiger charge is 2.02. The molecule has 1 aromatic carbocycles. The van der Waals surface area contributed by atoms with Crippen LogP contribution in [0.25, 0.3) is 0 Å². The molecule has 0 aromatic heterocycles. The molecule has 18 heavy (non-hydrogen) atoms. The van der Waals surface area contributed by atoms with Crippen LogP contribution in [0, 0.1) is 12.3 Å². The summed E-state index contributed by atoms with van der Waals surface area (Å²) in [5, 5.41) is 3.48. The van der Waals surface area contributed by atoms with E-state index in [1.54, 1.807) is 0 Å². The minimum atomic E-state index is 0.512. The zero-order valence-corrected chi connectivity index (χ0v) is 11.4. The van der Waals surface area contributed by atoms with E-state index in [-0.39, 0.29) is 0 Å². The van der Waals surface area contributed by atoms with Crippen LogP contribution in [0.3, 0.4) is 0 Å². The molecule has 0 heterocycles. The number of ether oxygens (including phenoxy) is 1. The lowest BCUT2D eigenvalue weighted by Crippen LogP contribution is -2.28. The standard InChI is InChI=1S/C16H23NO/c1-4-6-12-18-16-9-7-15(8-10-16)13-14(3)17-11-5-2/h1,7-10,14,17H,5-6,11-13H2,2-3H3. The number of hydrogen-bond donors (Lipinski definition) is 1. The molecule has 2 heteroatoms. The van der Waals surface area contributed by atoms with Crippen LogP contribution < -0.4 is 10.1 Å². The first-order valence-electron chi connectivity index (χ1n) is 6.64. The van der Waals surface area contributed by atoms with Crippen molar-refractivity contribution in [3.8, 4) is 18.1 Å². The predicted octanol–water partition coefficient (Wildman–Crippen LogP) is 3.02. The molecule has 0 saturated carbocycles. The van der Waals surface area contributed by atoms with Crippen molar-refractivity contribution < 1.29 is 4.74 Å². The van der Waals surface area contributed by atoms with Crippen molar-refractivity contribution in [2.24, 2.45) is 0 Å². The average Bonchev–Trinajstić information content (AvgIpc) is 2.39. The second-order valence-corrected chi connectivity index (χ2v) is 4.51. The van der Waals surface area contributed by atoms with Gasteiger partial charge >= 0.3 is 0 Å². The Morgan fingerprint density at radius 3 is 2.67 bits per heavy atom. The van der Waals surface area contributed by atoms with Crippen LogP contribution in [-0.4, -0.2) is 19.2 Å². The number of benzene rings is 1. The Morgan fingerprint density at radius 2 is 2.06 bits per heavy atom. The van der Waals surface area contributed by atoms with Crippen LogP contribution >= 0.6 is 0 Å². The Kier molecular flexibility index (Phi) is 6.98. The Labute approximate surface area is 111 Å². The van der Waals surface area contributed by atoms with E-state index >= 15 is 0 Å². The lowest BCUT2D eigenvalue weighted by molar-refractivity contribution is 0.327. The van der Waals surface area contributed by atoms with Crippen LogP contribution in [0.1, 0.15) is 32.3 Å². The van der Waals surface area contributed by atoms with E-state index in [1.165, 1.54) is 12.0 Å². The van der Waals surface area contributed by atoms with Gasteiger partial charge in [-0.1, -0.05) is 19.1 Å². The van der Waals surface area contributed by atoms with E-state index in [4.69, 9.17) is 11.2 Å². The second kappa shape index (κ2) is 8.60. The van der Waals surface area contributed by atoms with Crippen molar-refractivity contribution in [3.05, 3.63) is 29.8 Å². The van der Waals surface area contributed by atoms with Crippen LogP contribution in [0.5, 0.6) is 5.75 Å². The molecule has 1 N–H and O–H groups in total. The third kappa shape index (κ3) is 5.75. The van der Waals surface area contributed by atoms with E-state index in [2.05, 4.69) is 37.2 Å². The molecule has 2 nitrogen and oxygen atoms in total. The van der Waals surface area contributed by atoms with Gasteiger partial charge in [-0.2, -0.15) is 0 Å². The largest absolute Gasteiger partial charge is 0.493 e. The average molecular weight is 245 g/mol. The molecule has 1 unspecified atom stereocenters. The van der Waals surface area contributed by atoms with Gasteiger partial charge in [-0.15, -0.1) is 12.3 Å². The summed E-state index contributed by atoms with van der Waals surface area (Å²) in [6.45, 7) is 6.06. The van der Waals surface area contributed by atoms with Gasteiger partial charge in [0.15, 0.2) is 0 Å². The predicted molar refractivity (Wildman–Crippen MR) is 76.8 cm³/mol. The highest BCUT2D eigenvalue weighted by atomic mass is 16.5. The molecule has 1 atom stereocenters. The molecule has 98 valence electrons. The summed E-state index contributed by atoms with van der Waals surface area (Å²) >= 11 is 0. The summed E-state index contributed by atoms with van der Waals surface area (Å²) in [6, 6.07) is 8.78. The summed E-state index contributed by atoms with van der Waals surface area (Å²) in [6.07, 6.45) is 8.05. The Balaban J connectivity index is 2.37. The highest BCUT2D eigenvalue weighted by molar-refractivity contribution is 5.27. The first-order chi connectivity index (χ1) is 8.76. The maximum atomic E-state index is 5.51. The molecule has 0 radical (unpaired) electrons. The van der Waals surface area contributed by atoms with Crippen molar-refractivity contribution >= 4 is 0 Å². The smallest absolute Gasteiger partial charge is 0.119 e. The van der Waals surface area contributed by atoms with Gasteiger partial charge in [0.1, 0.15) is 5.75 Å². The Hall–Kier alpha value is -1.46. The monoisotopic (exact) mass is 245 g/mol. The topological polar surface area (TPSA) is 21.3 Å². The molecule has 0 aliphatic heterocycles. The first-order valence-corrected chi connectivity index (χ1v) is 6.64. The summed E-state index contributed by atoms with van der Waals surface area (Å²) in [4.78, 5) is 0. The minimum absolute atomic E-state index is 0.512. The van der Waals surface area contributed by atoms with Crippen molar-refractivity contribution in [2.75, 3.05) is 13.2 Å². The number of rotatable bonds is 8. The summed E-state index contributed by atoms with van der Waals surface area (Å²) in [5.74, 6) is 3.45. The maximum absolute atomic E-state index is 5.51. The SMILES string of the molecule is C#CCCOc1ccc(CC(C)NCCC)cc1. The molecule has 1 aromatic rings. The summed E-state index contributed by atoms with van der Waals surface area (Å²) in [5.41, 5.74) is 1.33. The molecular weight excluding hydrogens is 222 g/mol. The van der Waals surface area contributed by atoms with Crippen molar-refractivity contribution in [2.45, 2.75) is 39.2 Å². The molecule has 0 bridgehead atoms. The van der Waals surface area contributed by atoms with E-state index in [1.807, 2.05) is 12.1 Å². The Bertz CT molecular complexity index is 364. The number of hydrogen-bond acceptors (Lipinski definition) is 2. The van der Waals surface area contributed by atoms with Crippen LogP contribution in [-0.2, 0) is 6.42 Å². The molecule has 0 spiro atoms. The Morgan fingerprint density at radius 1 is 1.33 bits per heavy atom. The van der Waals surface area contributed by atoms with Crippen molar-refractivity contribution in [3.63, 3.8) is 0 Å². The summed E-state index contributed by atoms with van der Waals surface area (Å²) < 4.78 is 5.51. The molecular formula is C16H23NO. The molecule has 0 aliphatic carbocycles. The van der Waals surface area contributed by atoms with Gasteiger partial charge in [-0.05, 0) is 44.0 Å². The van der Waals surface area contributed by atoms with Gasteiger partial charge in [0.2, 0.25) is 0 Å². The zero-order valence-electron chi connectivity index (χ0n) is 11.4.